The molecule has 22 heavy (non-hydrogen) atoms. The highest BCUT2D eigenvalue weighted by Gasteiger charge is 2.16. The van der Waals surface area contributed by atoms with Gasteiger partial charge in [0.05, 0.1) is 11.7 Å². The molecule has 5 heteroatoms. The molecule has 0 saturated heterocycles. The summed E-state index contributed by atoms with van der Waals surface area (Å²) < 4.78 is 13.3. The van der Waals surface area contributed by atoms with Crippen molar-refractivity contribution in [1.82, 2.24) is 9.97 Å². The monoisotopic (exact) mass is 313 g/mol. The van der Waals surface area contributed by atoms with Gasteiger partial charge in [0.25, 0.3) is 0 Å². The van der Waals surface area contributed by atoms with E-state index in [-0.39, 0.29) is 6.04 Å². The van der Waals surface area contributed by atoms with E-state index in [1.54, 1.807) is 24.4 Å². The molecule has 0 bridgehead atoms. The maximum atomic E-state index is 13.3. The summed E-state index contributed by atoms with van der Waals surface area (Å²) in [6.07, 6.45) is 1.72. The van der Waals surface area contributed by atoms with Crippen LogP contribution in [0.4, 0.5) is 10.2 Å². The Morgan fingerprint density at radius 2 is 1.86 bits per heavy atom. The number of hydrogen-bond acceptors (Lipinski definition) is 3. The molecule has 0 amide bonds. The lowest BCUT2D eigenvalue weighted by atomic mass is 10.0. The molecule has 2 heterocycles. The summed E-state index contributed by atoms with van der Waals surface area (Å²) in [7, 11) is 0. The first kappa shape index (κ1) is 14.5. The van der Waals surface area contributed by atoms with E-state index < -0.39 is 5.95 Å². The van der Waals surface area contributed by atoms with Gasteiger partial charge in [-0.15, -0.1) is 0 Å². The molecule has 110 valence electrons. The van der Waals surface area contributed by atoms with Crippen LogP contribution in [-0.4, -0.2) is 9.97 Å². The molecule has 1 N–H and O–H groups in total. The Hall–Kier alpha value is -2.46. The lowest BCUT2D eigenvalue weighted by Crippen LogP contribution is -2.14. The van der Waals surface area contributed by atoms with Crippen LogP contribution < -0.4 is 5.32 Å². The highest BCUT2D eigenvalue weighted by atomic mass is 35.5. The summed E-state index contributed by atoms with van der Waals surface area (Å²) in [4.78, 5) is 8.22. The average Bonchev–Trinajstić information content (AvgIpc) is 2.53. The molecule has 2 aromatic heterocycles. The van der Waals surface area contributed by atoms with Crippen LogP contribution in [0.15, 0.2) is 66.9 Å². The molecule has 0 spiro atoms. The van der Waals surface area contributed by atoms with E-state index in [0.29, 0.717) is 10.8 Å². The third-order valence-electron chi connectivity index (χ3n) is 3.17. The van der Waals surface area contributed by atoms with Crippen molar-refractivity contribution in [3.8, 4) is 0 Å². The fraction of sp³-hybridized carbons (Fsp3) is 0.0588. The van der Waals surface area contributed by atoms with E-state index in [2.05, 4.69) is 15.3 Å². The van der Waals surface area contributed by atoms with Crippen LogP contribution in [0.5, 0.6) is 0 Å². The van der Waals surface area contributed by atoms with Crippen LogP contribution in [0.1, 0.15) is 17.3 Å². The second-order valence-electron chi connectivity index (χ2n) is 4.73. The van der Waals surface area contributed by atoms with Gasteiger partial charge in [0.2, 0.25) is 5.95 Å². The van der Waals surface area contributed by atoms with E-state index >= 15 is 0 Å². The van der Waals surface area contributed by atoms with Crippen molar-refractivity contribution in [2.75, 3.05) is 5.32 Å². The maximum absolute atomic E-state index is 13.3. The van der Waals surface area contributed by atoms with Gasteiger partial charge in [-0.2, -0.15) is 4.39 Å². The Balaban J connectivity index is 2.00. The van der Waals surface area contributed by atoms with Crippen LogP contribution in [0.3, 0.4) is 0 Å². The van der Waals surface area contributed by atoms with Gasteiger partial charge >= 0.3 is 0 Å². The lowest BCUT2D eigenvalue weighted by Gasteiger charge is -2.19. The summed E-state index contributed by atoms with van der Waals surface area (Å²) in [5, 5.41) is 3.84. The SMILES string of the molecule is Fc1cccc(NC(c2cccc(Cl)c2)c2ccccn2)n1. The first-order valence-corrected chi connectivity index (χ1v) is 7.16. The van der Waals surface area contributed by atoms with Gasteiger partial charge in [-0.3, -0.25) is 4.98 Å². The molecule has 0 aliphatic rings. The van der Waals surface area contributed by atoms with Crippen LogP contribution in [0.25, 0.3) is 0 Å². The van der Waals surface area contributed by atoms with Crippen molar-refractivity contribution in [2.24, 2.45) is 0 Å². The molecule has 3 aromatic rings. The summed E-state index contributed by atoms with van der Waals surface area (Å²) in [6.45, 7) is 0. The van der Waals surface area contributed by atoms with E-state index in [0.717, 1.165) is 11.3 Å². The van der Waals surface area contributed by atoms with E-state index in [1.807, 2.05) is 36.4 Å². The number of benzene rings is 1. The number of halogens is 2. The highest BCUT2D eigenvalue weighted by molar-refractivity contribution is 6.30. The number of rotatable bonds is 4. The predicted octanol–water partition coefficient (Wildman–Crippen LogP) is 4.47. The molecule has 3 rings (SSSR count). The summed E-state index contributed by atoms with van der Waals surface area (Å²) >= 11 is 6.08. The Kier molecular flexibility index (Phi) is 4.30. The molecule has 1 atom stereocenters. The van der Waals surface area contributed by atoms with Crippen molar-refractivity contribution in [2.45, 2.75) is 6.04 Å². The van der Waals surface area contributed by atoms with E-state index in [9.17, 15) is 4.39 Å². The van der Waals surface area contributed by atoms with Crippen LogP contribution in [0, 0.1) is 5.95 Å². The number of anilines is 1. The van der Waals surface area contributed by atoms with Crippen molar-refractivity contribution < 1.29 is 4.39 Å². The topological polar surface area (TPSA) is 37.8 Å². The molecule has 3 nitrogen and oxygen atoms in total. The molecule has 0 saturated carbocycles. The average molecular weight is 314 g/mol. The van der Waals surface area contributed by atoms with Crippen molar-refractivity contribution in [3.05, 3.63) is 89.1 Å². The van der Waals surface area contributed by atoms with Crippen LogP contribution in [0.2, 0.25) is 5.02 Å². The number of hydrogen-bond donors (Lipinski definition) is 1. The van der Waals surface area contributed by atoms with Gasteiger partial charge in [-0.05, 0) is 42.0 Å². The number of aromatic nitrogens is 2. The Labute approximate surface area is 132 Å². The van der Waals surface area contributed by atoms with Crippen molar-refractivity contribution >= 4 is 17.4 Å². The fourth-order valence-corrected chi connectivity index (χ4v) is 2.40. The Morgan fingerprint density at radius 3 is 2.59 bits per heavy atom. The highest BCUT2D eigenvalue weighted by Crippen LogP contribution is 2.26. The number of pyridine rings is 2. The molecule has 1 aromatic carbocycles. The zero-order chi connectivity index (χ0) is 15.4. The quantitative estimate of drug-likeness (QED) is 0.722. The normalized spacial score (nSPS) is 11.9. The zero-order valence-corrected chi connectivity index (χ0v) is 12.3. The summed E-state index contributed by atoms with van der Waals surface area (Å²) in [6, 6.07) is 17.5. The van der Waals surface area contributed by atoms with Gasteiger partial charge < -0.3 is 5.32 Å². The first-order valence-electron chi connectivity index (χ1n) is 6.78. The predicted molar refractivity (Wildman–Crippen MR) is 85.3 cm³/mol. The fourth-order valence-electron chi connectivity index (χ4n) is 2.20. The standard InChI is InChI=1S/C17H13ClFN3/c18-13-6-3-5-12(11-13)17(14-7-1-2-10-20-14)22-16-9-4-8-15(19)21-16/h1-11,17H,(H,21,22). The van der Waals surface area contributed by atoms with E-state index in [4.69, 9.17) is 11.6 Å². The van der Waals surface area contributed by atoms with Crippen molar-refractivity contribution in [3.63, 3.8) is 0 Å². The van der Waals surface area contributed by atoms with Gasteiger partial charge in [-0.25, -0.2) is 4.98 Å². The van der Waals surface area contributed by atoms with Gasteiger partial charge in [0, 0.05) is 11.2 Å². The van der Waals surface area contributed by atoms with Crippen molar-refractivity contribution in [1.29, 1.82) is 0 Å². The van der Waals surface area contributed by atoms with Gasteiger partial charge in [-0.1, -0.05) is 35.9 Å². The number of nitrogens with one attached hydrogen (secondary N) is 1. The van der Waals surface area contributed by atoms with E-state index in [1.165, 1.54) is 6.07 Å². The minimum atomic E-state index is -0.532. The number of nitrogens with zero attached hydrogens (tertiary/aromatic N) is 2. The van der Waals surface area contributed by atoms with Crippen LogP contribution >= 0.6 is 11.6 Å². The third-order valence-corrected chi connectivity index (χ3v) is 3.41. The third kappa shape index (κ3) is 3.40. The second-order valence-corrected chi connectivity index (χ2v) is 5.17. The van der Waals surface area contributed by atoms with Gasteiger partial charge in [0.15, 0.2) is 0 Å². The molecule has 0 radical (unpaired) electrons. The second kappa shape index (κ2) is 6.54. The first-order chi connectivity index (χ1) is 10.7. The minimum absolute atomic E-state index is 0.269. The minimum Gasteiger partial charge on any atom is -0.358 e. The summed E-state index contributed by atoms with van der Waals surface area (Å²) in [5.74, 6) is -0.0912. The molecular weight excluding hydrogens is 301 g/mol. The maximum Gasteiger partial charge on any atom is 0.214 e. The largest absolute Gasteiger partial charge is 0.358 e. The van der Waals surface area contributed by atoms with Crippen LogP contribution in [-0.2, 0) is 0 Å². The Morgan fingerprint density at radius 1 is 1.00 bits per heavy atom. The smallest absolute Gasteiger partial charge is 0.214 e. The van der Waals surface area contributed by atoms with Gasteiger partial charge in [0.1, 0.15) is 5.82 Å². The molecule has 0 aliphatic heterocycles. The molecular formula is C17H13ClFN3. The zero-order valence-electron chi connectivity index (χ0n) is 11.6. The summed E-state index contributed by atoms with van der Waals surface area (Å²) in [5.41, 5.74) is 1.73. The molecule has 0 fully saturated rings. The lowest BCUT2D eigenvalue weighted by molar-refractivity contribution is 0.584. The molecule has 0 aliphatic carbocycles. The Bertz CT molecular complexity index is 765. The molecule has 1 unspecified atom stereocenters.